The molecule has 0 aliphatic rings. The number of rotatable bonds is 12. The van der Waals surface area contributed by atoms with Crippen molar-refractivity contribution in [1.82, 2.24) is 15.3 Å². The minimum atomic E-state index is -0.631. The van der Waals surface area contributed by atoms with E-state index in [0.717, 1.165) is 28.7 Å². The Morgan fingerprint density at radius 2 is 1.42 bits per heavy atom. The summed E-state index contributed by atoms with van der Waals surface area (Å²) in [4.78, 5) is 24.2. The number of benzene rings is 4. The summed E-state index contributed by atoms with van der Waals surface area (Å²) in [6.07, 6.45) is 1.66. The van der Waals surface area contributed by atoms with E-state index in [-0.39, 0.29) is 17.9 Å². The van der Waals surface area contributed by atoms with Crippen LogP contribution in [-0.4, -0.2) is 30.1 Å². The average Bonchev–Trinajstić information content (AvgIpc) is 3.05. The average molecular weight is 579 g/mol. The van der Waals surface area contributed by atoms with E-state index < -0.39 is 11.7 Å². The Hall–Kier alpha value is -5.44. The number of methoxy groups -OCH3 is 2. The third-order valence-corrected chi connectivity index (χ3v) is 6.64. The van der Waals surface area contributed by atoms with Crippen molar-refractivity contribution in [1.29, 1.82) is 0 Å². The van der Waals surface area contributed by atoms with E-state index in [1.807, 2.05) is 54.6 Å². The maximum absolute atomic E-state index is 14.7. The minimum Gasteiger partial charge on any atom is -0.497 e. The van der Waals surface area contributed by atoms with Gasteiger partial charge in [0.1, 0.15) is 17.2 Å². The van der Waals surface area contributed by atoms with Gasteiger partial charge in [0.05, 0.1) is 26.5 Å². The molecule has 8 nitrogen and oxygen atoms in total. The summed E-state index contributed by atoms with van der Waals surface area (Å²) in [6.45, 7) is 1.22. The zero-order chi connectivity index (χ0) is 30.0. The predicted molar refractivity (Wildman–Crippen MR) is 162 cm³/mol. The number of carbonyl (C=O) groups excluding carboxylic acids is 1. The first-order valence-corrected chi connectivity index (χ1v) is 13.6. The lowest BCUT2D eigenvalue weighted by atomic mass is 10.1. The molecule has 0 spiro atoms. The van der Waals surface area contributed by atoms with Crippen LogP contribution < -0.4 is 24.4 Å². The van der Waals surface area contributed by atoms with Crippen LogP contribution in [0, 0.1) is 5.82 Å². The van der Waals surface area contributed by atoms with Gasteiger partial charge in [-0.05, 0) is 71.8 Å². The molecular weight excluding hydrogens is 547 g/mol. The van der Waals surface area contributed by atoms with E-state index in [9.17, 15) is 9.18 Å². The van der Waals surface area contributed by atoms with Crippen LogP contribution in [0.2, 0.25) is 0 Å². The van der Waals surface area contributed by atoms with E-state index in [2.05, 4.69) is 15.2 Å². The highest BCUT2D eigenvalue weighted by atomic mass is 19.1. The van der Waals surface area contributed by atoms with Gasteiger partial charge in [-0.3, -0.25) is 4.79 Å². The van der Waals surface area contributed by atoms with Crippen molar-refractivity contribution in [2.45, 2.75) is 19.6 Å². The summed E-state index contributed by atoms with van der Waals surface area (Å²) in [7, 11) is 3.27. The molecule has 0 bridgehead atoms. The van der Waals surface area contributed by atoms with Crippen molar-refractivity contribution < 1.29 is 23.4 Å². The molecule has 0 atom stereocenters. The van der Waals surface area contributed by atoms with Crippen molar-refractivity contribution in [3.8, 4) is 23.0 Å². The van der Waals surface area contributed by atoms with Crippen LogP contribution in [-0.2, 0) is 19.6 Å². The summed E-state index contributed by atoms with van der Waals surface area (Å²) in [5, 5.41) is 2.82. The lowest BCUT2D eigenvalue weighted by Crippen LogP contribution is -2.26. The van der Waals surface area contributed by atoms with E-state index >= 15 is 0 Å². The number of ether oxygens (including phenoxy) is 3. The molecule has 4 aromatic carbocycles. The van der Waals surface area contributed by atoms with Crippen molar-refractivity contribution >= 4 is 11.9 Å². The van der Waals surface area contributed by atoms with Crippen LogP contribution in [0.4, 0.5) is 10.3 Å². The summed E-state index contributed by atoms with van der Waals surface area (Å²) < 4.78 is 30.9. The van der Waals surface area contributed by atoms with Crippen LogP contribution in [0.5, 0.6) is 23.0 Å². The van der Waals surface area contributed by atoms with E-state index in [4.69, 9.17) is 19.2 Å². The highest BCUT2D eigenvalue weighted by Gasteiger charge is 2.15. The molecule has 1 N–H and O–H groups in total. The standard InChI is InChI=1S/C34H31FN4O4/c1-41-28-13-8-24(9-14-28)22-39(23-25-10-15-29(42-2)16-11-25)34-36-19-18-27(38-34)21-37-33(40)26-12-17-32(31(35)20-26)43-30-6-4-3-5-7-30/h3-20H,21-23H2,1-2H3,(H,37,40). The Kier molecular flexibility index (Phi) is 9.43. The van der Waals surface area contributed by atoms with Crippen molar-refractivity contribution in [3.05, 3.63) is 138 Å². The number of hydrogen-bond acceptors (Lipinski definition) is 7. The lowest BCUT2D eigenvalue weighted by molar-refractivity contribution is 0.0950. The number of para-hydroxylation sites is 1. The molecule has 0 aliphatic carbocycles. The van der Waals surface area contributed by atoms with Gasteiger partial charge in [0.2, 0.25) is 5.95 Å². The summed E-state index contributed by atoms with van der Waals surface area (Å²) in [5.41, 5.74) is 2.89. The number of nitrogens with zero attached hydrogens (tertiary/aromatic N) is 3. The molecule has 0 fully saturated rings. The number of carbonyl (C=O) groups is 1. The highest BCUT2D eigenvalue weighted by molar-refractivity contribution is 5.94. The second-order valence-corrected chi connectivity index (χ2v) is 9.64. The van der Waals surface area contributed by atoms with Crippen molar-refractivity contribution in [3.63, 3.8) is 0 Å². The van der Waals surface area contributed by atoms with E-state index in [1.165, 1.54) is 12.1 Å². The molecule has 9 heteroatoms. The molecule has 5 aromatic rings. The maximum Gasteiger partial charge on any atom is 0.251 e. The Bertz CT molecular complexity index is 1600. The predicted octanol–water partition coefficient (Wildman–Crippen LogP) is 6.56. The molecule has 5 rings (SSSR count). The molecule has 0 saturated heterocycles. The highest BCUT2D eigenvalue weighted by Crippen LogP contribution is 2.25. The molecule has 1 aromatic heterocycles. The zero-order valence-corrected chi connectivity index (χ0v) is 23.9. The zero-order valence-electron chi connectivity index (χ0n) is 23.9. The Morgan fingerprint density at radius 1 is 0.791 bits per heavy atom. The molecular formula is C34H31FN4O4. The fourth-order valence-corrected chi connectivity index (χ4v) is 4.35. The van der Waals surface area contributed by atoms with Crippen LogP contribution in [0.25, 0.3) is 0 Å². The van der Waals surface area contributed by atoms with Gasteiger partial charge in [-0.25, -0.2) is 14.4 Å². The summed E-state index contributed by atoms with van der Waals surface area (Å²) in [6, 6.07) is 30.4. The summed E-state index contributed by atoms with van der Waals surface area (Å²) >= 11 is 0. The van der Waals surface area contributed by atoms with Crippen LogP contribution in [0.1, 0.15) is 27.2 Å². The SMILES string of the molecule is COc1ccc(CN(Cc2ccc(OC)cc2)c2nccc(CNC(=O)c3ccc(Oc4ccccc4)c(F)c3)n2)cc1. The Labute approximate surface area is 249 Å². The largest absolute Gasteiger partial charge is 0.497 e. The third-order valence-electron chi connectivity index (χ3n) is 6.64. The fourth-order valence-electron chi connectivity index (χ4n) is 4.35. The number of nitrogens with one attached hydrogen (secondary N) is 1. The maximum atomic E-state index is 14.7. The molecule has 0 radical (unpaired) electrons. The van der Waals surface area contributed by atoms with Gasteiger partial charge in [-0.2, -0.15) is 0 Å². The van der Waals surface area contributed by atoms with Crippen molar-refractivity contribution in [2.75, 3.05) is 19.1 Å². The fraction of sp³-hybridized carbons (Fsp3) is 0.147. The Balaban J connectivity index is 1.28. The number of amides is 1. The smallest absolute Gasteiger partial charge is 0.251 e. The van der Waals surface area contributed by atoms with Gasteiger partial charge < -0.3 is 24.4 Å². The molecule has 1 amide bonds. The molecule has 43 heavy (non-hydrogen) atoms. The molecule has 0 aliphatic heterocycles. The van der Waals surface area contributed by atoms with Gasteiger partial charge in [0.15, 0.2) is 11.6 Å². The van der Waals surface area contributed by atoms with Gasteiger partial charge in [-0.1, -0.05) is 42.5 Å². The minimum absolute atomic E-state index is 0.0389. The van der Waals surface area contributed by atoms with Crippen LogP contribution in [0.3, 0.4) is 0 Å². The second kappa shape index (κ2) is 14.0. The number of anilines is 1. The van der Waals surface area contributed by atoms with Crippen molar-refractivity contribution in [2.24, 2.45) is 0 Å². The summed E-state index contributed by atoms with van der Waals surface area (Å²) in [5.74, 6) is 1.54. The van der Waals surface area contributed by atoms with Gasteiger partial charge >= 0.3 is 0 Å². The third kappa shape index (κ3) is 7.85. The first-order valence-electron chi connectivity index (χ1n) is 13.6. The van der Waals surface area contributed by atoms with E-state index in [1.54, 1.807) is 50.7 Å². The van der Waals surface area contributed by atoms with Crippen LogP contribution >= 0.6 is 0 Å². The number of hydrogen-bond donors (Lipinski definition) is 1. The lowest BCUT2D eigenvalue weighted by Gasteiger charge is -2.23. The quantitative estimate of drug-likeness (QED) is 0.179. The van der Waals surface area contributed by atoms with Gasteiger partial charge in [0, 0.05) is 24.8 Å². The molecule has 1 heterocycles. The molecule has 0 unspecified atom stereocenters. The monoisotopic (exact) mass is 578 g/mol. The second-order valence-electron chi connectivity index (χ2n) is 9.64. The van der Waals surface area contributed by atoms with Gasteiger partial charge in [0.25, 0.3) is 5.91 Å². The number of aromatic nitrogens is 2. The normalized spacial score (nSPS) is 10.6. The topological polar surface area (TPSA) is 85.8 Å². The first-order chi connectivity index (χ1) is 21.0. The van der Waals surface area contributed by atoms with E-state index in [0.29, 0.717) is 30.5 Å². The molecule has 218 valence electrons. The number of halogens is 1. The van der Waals surface area contributed by atoms with Crippen LogP contribution in [0.15, 0.2) is 109 Å². The van der Waals surface area contributed by atoms with Gasteiger partial charge in [-0.15, -0.1) is 0 Å². The molecule has 0 saturated carbocycles. The first kappa shape index (κ1) is 29.1. The Morgan fingerprint density at radius 3 is 2.00 bits per heavy atom.